The molecule has 0 fully saturated rings. The van der Waals surface area contributed by atoms with Crippen molar-refractivity contribution in [3.63, 3.8) is 0 Å². The van der Waals surface area contributed by atoms with Gasteiger partial charge in [0.2, 0.25) is 0 Å². The van der Waals surface area contributed by atoms with E-state index >= 15 is 0 Å². The van der Waals surface area contributed by atoms with Crippen LogP contribution in [0.2, 0.25) is 0 Å². The van der Waals surface area contributed by atoms with Gasteiger partial charge in [-0.15, -0.1) is 0 Å². The first kappa shape index (κ1) is 42.1. The maximum Gasteiger partial charge on any atom is 0.187 e. The molecule has 0 heterocycles. The maximum atomic E-state index is 0. The van der Waals surface area contributed by atoms with Crippen molar-refractivity contribution >= 4 is 28.3 Å². The first-order valence-electron chi connectivity index (χ1n) is 0. The summed E-state index contributed by atoms with van der Waals surface area (Å²) in [5.74, 6) is 0. The predicted molar refractivity (Wildman–Crippen MR) is 21.3 cm³/mol. The van der Waals surface area contributed by atoms with Crippen molar-refractivity contribution < 1.29 is 33.6 Å². The molecule has 0 bridgehead atoms. The summed E-state index contributed by atoms with van der Waals surface area (Å²) in [7, 11) is 0. The zero-order chi connectivity index (χ0) is 0. The Kier molecular flexibility index (Phi) is 228. The van der Waals surface area contributed by atoms with Gasteiger partial charge < -0.3 is 0 Å². The second-order valence-corrected chi connectivity index (χ2v) is 0. The molecule has 0 N–H and O–H groups in total. The summed E-state index contributed by atoms with van der Waals surface area (Å²) < 4.78 is 0. The van der Waals surface area contributed by atoms with Crippen LogP contribution in [0.25, 0.3) is 0 Å². The molecule has 4 heavy (non-hydrogen) atoms. The normalized spacial score (nSPS) is 0. The molecule has 0 aliphatic rings. The van der Waals surface area contributed by atoms with Gasteiger partial charge in [0.15, 0.2) is 17.4 Å². The first-order valence-corrected chi connectivity index (χ1v) is 0. The topological polar surface area (TPSA) is 0 Å². The Morgan fingerprint density at radius 3 is 1.00 bits per heavy atom. The van der Waals surface area contributed by atoms with Gasteiger partial charge in [-0.3, -0.25) is 0 Å². The van der Waals surface area contributed by atoms with Crippen LogP contribution in [-0.2, 0) is 33.6 Å². The second kappa shape index (κ2) is 21.7. The summed E-state index contributed by atoms with van der Waals surface area (Å²) in [6, 6.07) is 0. The van der Waals surface area contributed by atoms with Crippen LogP contribution in [0.4, 0.5) is 0 Å². The van der Waals surface area contributed by atoms with Crippen LogP contribution in [0.15, 0.2) is 0 Å². The van der Waals surface area contributed by atoms with Crippen molar-refractivity contribution in [2.24, 2.45) is 0 Å². The molecule has 0 aromatic carbocycles. The van der Waals surface area contributed by atoms with E-state index in [1.54, 1.807) is 0 Å². The summed E-state index contributed by atoms with van der Waals surface area (Å²) in [5.41, 5.74) is 0. The fraction of sp³-hybridized carbons (Fsp3) is 0. The minimum atomic E-state index is 0. The smallest absolute Gasteiger partial charge is 0.0149 e. The van der Waals surface area contributed by atoms with E-state index in [0.29, 0.717) is 0 Å². The second-order valence-electron chi connectivity index (χ2n) is 0. The number of rotatable bonds is 0. The van der Waals surface area contributed by atoms with E-state index in [1.165, 1.54) is 0 Å². The van der Waals surface area contributed by atoms with Gasteiger partial charge in [0, 0.05) is 33.6 Å². The molecule has 1 radical (unpaired) electrons. The fourth-order valence-corrected chi connectivity index (χ4v) is 0. The molecule has 0 spiro atoms. The van der Waals surface area contributed by atoms with Crippen LogP contribution in [-0.4, -0.2) is 28.3 Å². The van der Waals surface area contributed by atoms with Gasteiger partial charge in [-0.1, -0.05) is 0 Å². The van der Waals surface area contributed by atoms with E-state index in [4.69, 9.17) is 0 Å². The molecule has 0 aliphatic heterocycles. The first-order chi connectivity index (χ1) is 0. The molecule has 0 saturated carbocycles. The Labute approximate surface area is 61.7 Å². The number of hydrogen-bond acceptors (Lipinski definition) is 0. The Balaban J connectivity index is 0. The third-order valence-corrected chi connectivity index (χ3v) is 0. The predicted octanol–water partition coefficient (Wildman–Crippen LogP) is -2.64. The summed E-state index contributed by atoms with van der Waals surface area (Å²) in [5, 5.41) is 0. The van der Waals surface area contributed by atoms with Gasteiger partial charge in [-0.25, -0.2) is 0 Å². The molecule has 0 aromatic rings. The van der Waals surface area contributed by atoms with E-state index in [-0.39, 0.29) is 61.9 Å². The largest absolute Gasteiger partial charge is 0.187 e. The third-order valence-electron chi connectivity index (χ3n) is 0. The average molecular weight is 176 g/mol. The molecule has 0 atom stereocenters. The third kappa shape index (κ3) is 9.24. The Bertz CT molecular complexity index is 8.00. The Morgan fingerprint density at radius 1 is 1.00 bits per heavy atom. The van der Waals surface area contributed by atoms with E-state index < -0.39 is 0 Å². The van der Waals surface area contributed by atoms with E-state index in [0.717, 1.165) is 0 Å². The van der Waals surface area contributed by atoms with Crippen LogP contribution in [0.3, 0.4) is 0 Å². The van der Waals surface area contributed by atoms with Crippen molar-refractivity contribution in [2.45, 2.75) is 0 Å². The van der Waals surface area contributed by atoms with E-state index in [1.807, 2.05) is 0 Å². The van der Waals surface area contributed by atoms with Crippen molar-refractivity contribution in [3.8, 4) is 0 Å². The molecule has 0 nitrogen and oxygen atoms in total. The molecule has 0 aliphatic carbocycles. The van der Waals surface area contributed by atoms with Gasteiger partial charge in [0.05, 0.1) is 0 Å². The van der Waals surface area contributed by atoms with Crippen LogP contribution >= 0.6 is 0 Å². The van der Waals surface area contributed by atoms with Gasteiger partial charge in [0.1, 0.15) is 0 Å². The monoisotopic (exact) mass is 175 g/mol. The number of hydrogen-bond donors (Lipinski definition) is 0. The van der Waals surface area contributed by atoms with Gasteiger partial charge >= 0.3 is 0 Å². The molecule has 0 aromatic heterocycles. The standard InChI is InChI=1S/Al.Mn.Ni.H4Si.3H/h;;;1H4;;;. The molecule has 0 saturated heterocycles. The van der Waals surface area contributed by atoms with Crippen molar-refractivity contribution in [3.05, 3.63) is 0 Å². The Morgan fingerprint density at radius 2 is 1.00 bits per heavy atom. The minimum absolute atomic E-state index is 0. The zero-order valence-corrected chi connectivity index (χ0v) is 2.86. The fourth-order valence-electron chi connectivity index (χ4n) is 0. The molecule has 0 rings (SSSR count). The molecule has 4 heteroatoms. The van der Waals surface area contributed by atoms with Crippen LogP contribution in [0.5, 0.6) is 0 Å². The summed E-state index contributed by atoms with van der Waals surface area (Å²) in [6.45, 7) is 0. The van der Waals surface area contributed by atoms with E-state index in [9.17, 15) is 0 Å². The molecular weight excluding hydrogens is 169 g/mol. The van der Waals surface area contributed by atoms with Gasteiger partial charge in [-0.2, -0.15) is 0 Å². The maximum absolute atomic E-state index is 0. The molecule has 0 amide bonds. The van der Waals surface area contributed by atoms with Gasteiger partial charge in [-0.05, 0) is 11.0 Å². The minimum Gasteiger partial charge on any atom is -0.0149 e. The summed E-state index contributed by atoms with van der Waals surface area (Å²) in [6.07, 6.45) is 0. The average Bonchev–Trinajstić information content (AvgIpc) is 0. The zero-order valence-electron chi connectivity index (χ0n) is 0.694. The van der Waals surface area contributed by atoms with Crippen molar-refractivity contribution in [1.29, 1.82) is 0 Å². The van der Waals surface area contributed by atoms with Crippen molar-refractivity contribution in [2.75, 3.05) is 0 Å². The summed E-state index contributed by atoms with van der Waals surface area (Å²) >= 11 is 0. The van der Waals surface area contributed by atoms with Crippen LogP contribution in [0, 0.1) is 0 Å². The van der Waals surface area contributed by atoms with Crippen LogP contribution < -0.4 is 0 Å². The quantitative estimate of drug-likeness (QED) is 0.354. The molecule has 31 valence electrons. The van der Waals surface area contributed by atoms with E-state index in [2.05, 4.69) is 0 Å². The van der Waals surface area contributed by atoms with Crippen LogP contribution in [0.1, 0.15) is 0 Å². The van der Waals surface area contributed by atoms with Crippen molar-refractivity contribution in [1.82, 2.24) is 0 Å². The van der Waals surface area contributed by atoms with Gasteiger partial charge in [0.25, 0.3) is 0 Å². The molecular formula is H7AlMnNiSi. The summed E-state index contributed by atoms with van der Waals surface area (Å²) in [4.78, 5) is 0. The SMILES string of the molecule is [AlH3].[Mn].[Ni].[SiH4]. The Hall–Kier alpha value is 1.76. The molecule has 0 unspecified atom stereocenters.